The number of Topliss-reactive ketones (excluding diaryl/α,β-unsaturated/α-hetero) is 1. The van der Waals surface area contributed by atoms with E-state index in [-0.39, 0.29) is 23.7 Å². The van der Waals surface area contributed by atoms with Crippen LogP contribution in [0.5, 0.6) is 17.4 Å². The number of hydrogen-bond acceptors (Lipinski definition) is 7. The Kier molecular flexibility index (Phi) is 5.59. The quantitative estimate of drug-likeness (QED) is 0.273. The normalized spacial score (nSPS) is 17.9. The van der Waals surface area contributed by atoms with Crippen LogP contribution in [0.4, 0.5) is 0 Å². The highest BCUT2D eigenvalue weighted by Gasteiger charge is 2.44. The van der Waals surface area contributed by atoms with Crippen molar-refractivity contribution in [2.45, 2.75) is 39.2 Å². The lowest BCUT2D eigenvalue weighted by Crippen LogP contribution is -2.33. The van der Waals surface area contributed by atoms with Gasteiger partial charge in [-0.2, -0.15) is 0 Å². The molecule has 0 saturated carbocycles. The van der Waals surface area contributed by atoms with Gasteiger partial charge in [0.2, 0.25) is 5.88 Å². The summed E-state index contributed by atoms with van der Waals surface area (Å²) in [6.07, 6.45) is 2.71. The highest BCUT2D eigenvalue weighted by molar-refractivity contribution is 6.00. The summed E-state index contributed by atoms with van der Waals surface area (Å²) in [5, 5.41) is 6.79. The maximum atomic E-state index is 13.6. The minimum absolute atomic E-state index is 0.0822. The van der Waals surface area contributed by atoms with Gasteiger partial charge in [0.25, 0.3) is 0 Å². The van der Waals surface area contributed by atoms with Crippen molar-refractivity contribution in [1.29, 1.82) is 0 Å². The first-order valence-corrected chi connectivity index (χ1v) is 13.3. The number of hydrogen-bond donors (Lipinski definition) is 0. The number of ether oxygens (including phenoxy) is 3. The smallest absolute Gasteiger partial charge is 0.228 e. The third kappa shape index (κ3) is 4.07. The molecule has 1 aliphatic carbocycles. The third-order valence-electron chi connectivity index (χ3n) is 7.66. The second kappa shape index (κ2) is 9.19. The van der Waals surface area contributed by atoms with Gasteiger partial charge < -0.3 is 14.2 Å². The van der Waals surface area contributed by atoms with Gasteiger partial charge in [-0.3, -0.25) is 4.79 Å². The minimum Gasteiger partial charge on any atom is -0.497 e. The average molecular weight is 533 g/mol. The number of benzene rings is 3. The number of methoxy groups -OCH3 is 1. The van der Waals surface area contributed by atoms with Crippen LogP contribution < -0.4 is 14.2 Å². The van der Waals surface area contributed by atoms with Crippen LogP contribution in [0.2, 0.25) is 0 Å². The van der Waals surface area contributed by atoms with Gasteiger partial charge in [-0.25, -0.2) is 14.5 Å². The molecular formula is C32H28N4O4. The predicted molar refractivity (Wildman–Crippen MR) is 150 cm³/mol. The second-order valence-electron chi connectivity index (χ2n) is 11.1. The van der Waals surface area contributed by atoms with Crippen molar-refractivity contribution < 1.29 is 19.0 Å². The number of ketones is 1. The lowest BCUT2D eigenvalue weighted by Gasteiger charge is -2.37. The van der Waals surface area contributed by atoms with Crippen LogP contribution >= 0.6 is 0 Å². The highest BCUT2D eigenvalue weighted by Crippen LogP contribution is 2.50. The Morgan fingerprint density at radius 2 is 1.82 bits per heavy atom. The van der Waals surface area contributed by atoms with Gasteiger partial charge in [0.05, 0.1) is 12.7 Å². The van der Waals surface area contributed by atoms with E-state index < -0.39 is 0 Å². The molecule has 7 rings (SSSR count). The van der Waals surface area contributed by atoms with E-state index in [4.69, 9.17) is 19.2 Å². The van der Waals surface area contributed by atoms with Crippen LogP contribution in [0.1, 0.15) is 49.6 Å². The Bertz CT molecular complexity index is 1820. The van der Waals surface area contributed by atoms with Gasteiger partial charge in [-0.1, -0.05) is 62.4 Å². The van der Waals surface area contributed by atoms with Crippen LogP contribution in [0, 0.1) is 5.41 Å². The Labute approximate surface area is 231 Å². The predicted octanol–water partition coefficient (Wildman–Crippen LogP) is 6.03. The van der Waals surface area contributed by atoms with Gasteiger partial charge in [0.15, 0.2) is 17.3 Å². The third-order valence-corrected chi connectivity index (χ3v) is 7.66. The monoisotopic (exact) mass is 532 g/mol. The molecule has 8 heteroatoms. The lowest BCUT2D eigenvalue weighted by atomic mass is 9.70. The molecule has 0 radical (unpaired) electrons. The molecule has 1 atom stereocenters. The largest absolute Gasteiger partial charge is 0.497 e. The fourth-order valence-electron chi connectivity index (χ4n) is 5.84. The molecule has 0 unspecified atom stereocenters. The summed E-state index contributed by atoms with van der Waals surface area (Å²) in [4.78, 5) is 23.1. The number of aromatic nitrogens is 4. The fraction of sp³-hybridized carbons (Fsp3) is 0.250. The average Bonchev–Trinajstić information content (AvgIpc) is 3.38. The van der Waals surface area contributed by atoms with Crippen molar-refractivity contribution in [3.63, 3.8) is 0 Å². The van der Waals surface area contributed by atoms with Gasteiger partial charge in [-0.15, -0.1) is 5.10 Å². The van der Waals surface area contributed by atoms with E-state index in [1.54, 1.807) is 18.0 Å². The first-order valence-electron chi connectivity index (χ1n) is 13.3. The van der Waals surface area contributed by atoms with Crippen LogP contribution in [0.15, 0.2) is 84.4 Å². The number of allylic oxidation sites excluding steroid dienone is 2. The number of rotatable bonds is 5. The summed E-state index contributed by atoms with van der Waals surface area (Å²) >= 11 is 0. The lowest BCUT2D eigenvalue weighted by molar-refractivity contribution is -0.118. The Balaban J connectivity index is 1.32. The van der Waals surface area contributed by atoms with Crippen molar-refractivity contribution in [3.8, 4) is 17.4 Å². The van der Waals surface area contributed by atoms with Crippen LogP contribution in [-0.4, -0.2) is 32.5 Å². The van der Waals surface area contributed by atoms with Crippen LogP contribution in [-0.2, 0) is 11.4 Å². The molecule has 0 saturated heterocycles. The molecule has 2 aromatic heterocycles. The van der Waals surface area contributed by atoms with Crippen LogP contribution in [0.25, 0.3) is 16.4 Å². The summed E-state index contributed by atoms with van der Waals surface area (Å²) in [5.41, 5.74) is 2.74. The van der Waals surface area contributed by atoms with E-state index in [1.165, 1.54) is 0 Å². The summed E-state index contributed by atoms with van der Waals surface area (Å²) in [5.74, 6) is 2.85. The van der Waals surface area contributed by atoms with E-state index in [2.05, 4.69) is 36.1 Å². The number of nitrogens with zero attached hydrogens (tertiary/aromatic N) is 4. The highest BCUT2D eigenvalue weighted by atomic mass is 16.5. The fourth-order valence-corrected chi connectivity index (χ4v) is 5.84. The number of fused-ring (bicyclic) bond motifs is 4. The molecule has 0 N–H and O–H groups in total. The molecule has 3 heterocycles. The molecule has 0 fully saturated rings. The van der Waals surface area contributed by atoms with Crippen molar-refractivity contribution in [2.75, 3.05) is 7.11 Å². The molecule has 1 aliphatic heterocycles. The van der Waals surface area contributed by atoms with E-state index in [0.717, 1.165) is 33.4 Å². The van der Waals surface area contributed by atoms with Crippen molar-refractivity contribution in [3.05, 3.63) is 101 Å². The summed E-state index contributed by atoms with van der Waals surface area (Å²) in [7, 11) is 1.64. The maximum absolute atomic E-state index is 13.6. The summed E-state index contributed by atoms with van der Waals surface area (Å²) in [6.45, 7) is 4.36. The Morgan fingerprint density at radius 1 is 1.02 bits per heavy atom. The molecule has 3 aromatic carbocycles. The molecule has 2 aliphatic rings. The van der Waals surface area contributed by atoms with Gasteiger partial charge >= 0.3 is 0 Å². The van der Waals surface area contributed by atoms with E-state index in [1.807, 2.05) is 54.6 Å². The van der Waals surface area contributed by atoms with Gasteiger partial charge in [0, 0.05) is 29.7 Å². The maximum Gasteiger partial charge on any atom is 0.228 e. The minimum atomic E-state index is -0.388. The Hall–Kier alpha value is -4.72. The summed E-state index contributed by atoms with van der Waals surface area (Å²) < 4.78 is 19.5. The van der Waals surface area contributed by atoms with Crippen molar-refractivity contribution in [1.82, 2.24) is 19.6 Å². The van der Waals surface area contributed by atoms with Crippen LogP contribution in [0.3, 0.4) is 0 Å². The van der Waals surface area contributed by atoms with Gasteiger partial charge in [0.1, 0.15) is 30.2 Å². The topological polar surface area (TPSA) is 87.8 Å². The van der Waals surface area contributed by atoms with E-state index in [9.17, 15) is 4.79 Å². The zero-order chi connectivity index (χ0) is 27.4. The molecule has 5 aromatic rings. The standard InChI is InChI=1S/C32H28N4O4/c1-32(2)15-23(37)28-25(16-32)40-31-29(27(28)20-11-13-21(38-3)14-12-20)30-34-26(35-36(30)18-33-31)17-39-24-10-6-8-19-7-4-5-9-22(19)24/h4-14,18,27H,15-17H2,1-3H3/t27-/m1/s1. The first kappa shape index (κ1) is 24.3. The van der Waals surface area contributed by atoms with Crippen molar-refractivity contribution in [2.24, 2.45) is 5.41 Å². The van der Waals surface area contributed by atoms with Gasteiger partial charge in [-0.05, 0) is 34.6 Å². The molecule has 8 nitrogen and oxygen atoms in total. The second-order valence-corrected chi connectivity index (χ2v) is 11.1. The molecule has 0 spiro atoms. The number of carbonyl (C=O) groups excluding carboxylic acids is 1. The molecule has 40 heavy (non-hydrogen) atoms. The SMILES string of the molecule is COc1ccc([C@@H]2C3=C(CC(C)(C)CC3=O)Oc3ncn4nc(COc5cccc6ccccc56)nc4c32)cc1. The zero-order valence-corrected chi connectivity index (χ0v) is 22.5. The zero-order valence-electron chi connectivity index (χ0n) is 22.5. The van der Waals surface area contributed by atoms with E-state index >= 15 is 0 Å². The summed E-state index contributed by atoms with van der Waals surface area (Å²) in [6, 6.07) is 21.8. The number of carbonyl (C=O) groups is 1. The van der Waals surface area contributed by atoms with Crippen molar-refractivity contribution >= 4 is 22.2 Å². The molecular weight excluding hydrogens is 504 g/mol. The first-order chi connectivity index (χ1) is 19.4. The molecule has 0 amide bonds. The Morgan fingerprint density at radius 3 is 2.65 bits per heavy atom. The molecule has 0 bridgehead atoms. The van der Waals surface area contributed by atoms with E-state index in [0.29, 0.717) is 41.5 Å². The molecule has 200 valence electrons.